The van der Waals surface area contributed by atoms with Crippen molar-refractivity contribution in [1.82, 2.24) is 10.2 Å². The van der Waals surface area contributed by atoms with E-state index in [-0.39, 0.29) is 5.91 Å². The van der Waals surface area contributed by atoms with Crippen molar-refractivity contribution >= 4 is 5.91 Å². The Bertz CT molecular complexity index is 193. The van der Waals surface area contributed by atoms with Gasteiger partial charge in [0.1, 0.15) is 0 Å². The zero-order valence-electron chi connectivity index (χ0n) is 7.55. The first-order chi connectivity index (χ1) is 5.75. The summed E-state index contributed by atoms with van der Waals surface area (Å²) in [7, 11) is 2.16. The van der Waals surface area contributed by atoms with E-state index in [0.717, 1.165) is 26.1 Å². The maximum atomic E-state index is 11.1. The van der Waals surface area contributed by atoms with Gasteiger partial charge in [0, 0.05) is 19.5 Å². The second-order valence-corrected chi connectivity index (χ2v) is 4.08. The van der Waals surface area contributed by atoms with E-state index in [1.807, 2.05) is 0 Å². The zero-order chi connectivity index (χ0) is 8.55. The summed E-state index contributed by atoms with van der Waals surface area (Å²) in [6.45, 7) is 3.22. The fourth-order valence-corrected chi connectivity index (χ4v) is 2.32. The maximum Gasteiger partial charge on any atom is 0.220 e. The first-order valence-electron chi connectivity index (χ1n) is 4.71. The number of nitrogens with one attached hydrogen (secondary N) is 1. The number of fused-ring (bicyclic) bond motifs is 1. The third kappa shape index (κ3) is 1.46. The molecule has 2 rings (SSSR count). The maximum absolute atomic E-state index is 11.1. The van der Waals surface area contributed by atoms with E-state index < -0.39 is 0 Å². The van der Waals surface area contributed by atoms with Gasteiger partial charge in [0.15, 0.2) is 0 Å². The van der Waals surface area contributed by atoms with E-state index in [0.29, 0.717) is 11.8 Å². The standard InChI is InChI=1S/C9H16N2O/c1-11-3-2-7-4-9(12)10-5-8(7)6-11/h7-8H,2-6H2,1H3,(H,10,12). The fourth-order valence-electron chi connectivity index (χ4n) is 2.32. The molecule has 0 spiro atoms. The molecule has 0 aromatic rings. The topological polar surface area (TPSA) is 32.3 Å². The van der Waals surface area contributed by atoms with Gasteiger partial charge in [-0.3, -0.25) is 4.79 Å². The molecule has 0 bridgehead atoms. The molecular weight excluding hydrogens is 152 g/mol. The highest BCUT2D eigenvalue weighted by atomic mass is 16.1. The molecule has 1 N–H and O–H groups in total. The van der Waals surface area contributed by atoms with Gasteiger partial charge >= 0.3 is 0 Å². The van der Waals surface area contributed by atoms with Gasteiger partial charge in [-0.15, -0.1) is 0 Å². The lowest BCUT2D eigenvalue weighted by Gasteiger charge is -2.39. The third-order valence-electron chi connectivity index (χ3n) is 3.10. The minimum absolute atomic E-state index is 0.251. The summed E-state index contributed by atoms with van der Waals surface area (Å²) < 4.78 is 0. The van der Waals surface area contributed by atoms with Crippen molar-refractivity contribution < 1.29 is 4.79 Å². The monoisotopic (exact) mass is 168 g/mol. The summed E-state index contributed by atoms with van der Waals surface area (Å²) in [6, 6.07) is 0. The predicted octanol–water partition coefficient (Wildman–Crippen LogP) is 0.0742. The summed E-state index contributed by atoms with van der Waals surface area (Å²) in [4.78, 5) is 13.4. The molecule has 68 valence electrons. The summed E-state index contributed by atoms with van der Waals surface area (Å²) in [5, 5.41) is 2.94. The van der Waals surface area contributed by atoms with Crippen LogP contribution < -0.4 is 5.32 Å². The number of rotatable bonds is 0. The molecule has 2 atom stereocenters. The van der Waals surface area contributed by atoms with Gasteiger partial charge in [-0.05, 0) is 31.8 Å². The largest absolute Gasteiger partial charge is 0.356 e. The Morgan fingerprint density at radius 1 is 1.50 bits per heavy atom. The van der Waals surface area contributed by atoms with Crippen LogP contribution in [0.5, 0.6) is 0 Å². The SMILES string of the molecule is CN1CCC2CC(=O)NCC2C1. The first-order valence-corrected chi connectivity index (χ1v) is 4.71. The van der Waals surface area contributed by atoms with Gasteiger partial charge in [-0.25, -0.2) is 0 Å². The molecule has 2 fully saturated rings. The molecule has 2 aliphatic heterocycles. The van der Waals surface area contributed by atoms with E-state index in [9.17, 15) is 4.79 Å². The van der Waals surface area contributed by atoms with E-state index in [4.69, 9.17) is 0 Å². The predicted molar refractivity (Wildman–Crippen MR) is 46.7 cm³/mol. The van der Waals surface area contributed by atoms with Crippen LogP contribution in [0.15, 0.2) is 0 Å². The van der Waals surface area contributed by atoms with Gasteiger partial charge in [-0.1, -0.05) is 0 Å². The molecule has 0 saturated carbocycles. The highest BCUT2D eigenvalue weighted by Crippen LogP contribution is 2.27. The molecule has 2 aliphatic rings. The molecule has 2 saturated heterocycles. The summed E-state index contributed by atoms with van der Waals surface area (Å²) >= 11 is 0. The second-order valence-electron chi connectivity index (χ2n) is 4.08. The van der Waals surface area contributed by atoms with Gasteiger partial charge in [0.25, 0.3) is 0 Å². The Morgan fingerprint density at radius 3 is 3.17 bits per heavy atom. The van der Waals surface area contributed by atoms with Gasteiger partial charge < -0.3 is 10.2 Å². The highest BCUT2D eigenvalue weighted by molar-refractivity contribution is 5.77. The van der Waals surface area contributed by atoms with Crippen LogP contribution >= 0.6 is 0 Å². The second kappa shape index (κ2) is 3.05. The van der Waals surface area contributed by atoms with Gasteiger partial charge in [0.2, 0.25) is 5.91 Å². The van der Waals surface area contributed by atoms with Gasteiger partial charge in [0.05, 0.1) is 0 Å². The molecular formula is C9H16N2O. The number of carbonyl (C=O) groups excluding carboxylic acids is 1. The van der Waals surface area contributed by atoms with Crippen molar-refractivity contribution in [3.63, 3.8) is 0 Å². The van der Waals surface area contributed by atoms with Crippen LogP contribution in [0.25, 0.3) is 0 Å². The molecule has 2 heterocycles. The number of likely N-dealkylation sites (tertiary alicyclic amines) is 1. The summed E-state index contributed by atoms with van der Waals surface area (Å²) in [5.41, 5.74) is 0. The molecule has 1 amide bonds. The Morgan fingerprint density at radius 2 is 2.33 bits per heavy atom. The van der Waals surface area contributed by atoms with E-state index in [1.54, 1.807) is 0 Å². The van der Waals surface area contributed by atoms with Crippen LogP contribution in [0.3, 0.4) is 0 Å². The number of carbonyl (C=O) groups is 1. The lowest BCUT2D eigenvalue weighted by molar-refractivity contribution is -0.125. The fraction of sp³-hybridized carbons (Fsp3) is 0.889. The van der Waals surface area contributed by atoms with E-state index in [1.165, 1.54) is 6.42 Å². The quantitative estimate of drug-likeness (QED) is 0.555. The number of hydrogen-bond donors (Lipinski definition) is 1. The number of amides is 1. The van der Waals surface area contributed by atoms with Crippen molar-refractivity contribution in [1.29, 1.82) is 0 Å². The third-order valence-corrected chi connectivity index (χ3v) is 3.10. The smallest absolute Gasteiger partial charge is 0.220 e. The average molecular weight is 168 g/mol. The van der Waals surface area contributed by atoms with Gasteiger partial charge in [-0.2, -0.15) is 0 Å². The number of nitrogens with zero attached hydrogens (tertiary/aromatic N) is 1. The molecule has 0 aromatic carbocycles. The number of hydrogen-bond acceptors (Lipinski definition) is 2. The average Bonchev–Trinajstić information content (AvgIpc) is 2.05. The van der Waals surface area contributed by atoms with Crippen LogP contribution in [-0.4, -0.2) is 37.5 Å². The minimum Gasteiger partial charge on any atom is -0.356 e. The van der Waals surface area contributed by atoms with Crippen LogP contribution in [0.2, 0.25) is 0 Å². The van der Waals surface area contributed by atoms with Crippen LogP contribution in [-0.2, 0) is 4.79 Å². The van der Waals surface area contributed by atoms with E-state index >= 15 is 0 Å². The Kier molecular flexibility index (Phi) is 2.05. The van der Waals surface area contributed by atoms with Crippen molar-refractivity contribution in [2.45, 2.75) is 12.8 Å². The molecule has 3 nitrogen and oxygen atoms in total. The lowest BCUT2D eigenvalue weighted by Crippen LogP contribution is -2.49. The highest BCUT2D eigenvalue weighted by Gasteiger charge is 2.32. The summed E-state index contributed by atoms with van der Waals surface area (Å²) in [6.07, 6.45) is 1.97. The Hall–Kier alpha value is -0.570. The lowest BCUT2D eigenvalue weighted by atomic mass is 9.81. The molecule has 0 aromatic heterocycles. The van der Waals surface area contributed by atoms with Crippen molar-refractivity contribution in [2.24, 2.45) is 11.8 Å². The Labute approximate surface area is 73.1 Å². The first kappa shape index (κ1) is 8.05. The van der Waals surface area contributed by atoms with Crippen molar-refractivity contribution in [2.75, 3.05) is 26.7 Å². The molecule has 12 heavy (non-hydrogen) atoms. The summed E-state index contributed by atoms with van der Waals surface area (Å²) in [5.74, 6) is 1.62. The molecule has 3 heteroatoms. The molecule has 0 radical (unpaired) electrons. The zero-order valence-corrected chi connectivity index (χ0v) is 7.55. The van der Waals surface area contributed by atoms with Crippen LogP contribution in [0, 0.1) is 11.8 Å². The molecule has 2 unspecified atom stereocenters. The molecule has 0 aliphatic carbocycles. The van der Waals surface area contributed by atoms with Crippen LogP contribution in [0.1, 0.15) is 12.8 Å². The number of piperidine rings is 2. The Balaban J connectivity index is 1.98. The van der Waals surface area contributed by atoms with E-state index in [2.05, 4.69) is 17.3 Å². The van der Waals surface area contributed by atoms with Crippen LogP contribution in [0.4, 0.5) is 0 Å². The van der Waals surface area contributed by atoms with Crippen molar-refractivity contribution in [3.05, 3.63) is 0 Å². The minimum atomic E-state index is 0.251. The van der Waals surface area contributed by atoms with Crippen molar-refractivity contribution in [3.8, 4) is 0 Å². The normalized spacial score (nSPS) is 37.2.